The van der Waals surface area contributed by atoms with Crippen molar-refractivity contribution in [1.82, 2.24) is 5.32 Å². The van der Waals surface area contributed by atoms with Crippen molar-refractivity contribution >= 4 is 40.5 Å². The van der Waals surface area contributed by atoms with Crippen LogP contribution in [0.2, 0.25) is 0 Å². The van der Waals surface area contributed by atoms with Gasteiger partial charge >= 0.3 is 0 Å². The van der Waals surface area contributed by atoms with Gasteiger partial charge in [-0.25, -0.2) is 0 Å². The molecule has 164 valence electrons. The summed E-state index contributed by atoms with van der Waals surface area (Å²) < 4.78 is 5.63. The number of rotatable bonds is 7. The van der Waals surface area contributed by atoms with Gasteiger partial charge in [-0.3, -0.25) is 14.9 Å². The van der Waals surface area contributed by atoms with Crippen LogP contribution in [0.4, 0.5) is 11.4 Å². The van der Waals surface area contributed by atoms with Gasteiger partial charge in [0.1, 0.15) is 5.75 Å². The van der Waals surface area contributed by atoms with E-state index in [9.17, 15) is 9.59 Å². The van der Waals surface area contributed by atoms with Crippen LogP contribution in [0.5, 0.6) is 5.75 Å². The van der Waals surface area contributed by atoms with Gasteiger partial charge in [-0.05, 0) is 72.7 Å². The fraction of sp³-hybridized carbons (Fsp3) is 0.160. The van der Waals surface area contributed by atoms with E-state index in [0.717, 1.165) is 0 Å². The lowest BCUT2D eigenvalue weighted by Gasteiger charge is -2.12. The SMILES string of the molecule is CC(C)COc1ccc(C(=O)NC(=S)Nc2cccc(NC(=O)c3ccccc3)c2)cc1. The number of nitrogens with one attached hydrogen (secondary N) is 3. The molecule has 0 aliphatic carbocycles. The molecule has 32 heavy (non-hydrogen) atoms. The summed E-state index contributed by atoms with van der Waals surface area (Å²) in [5.41, 5.74) is 2.28. The van der Waals surface area contributed by atoms with Crippen LogP contribution >= 0.6 is 12.2 Å². The Hall–Kier alpha value is -3.71. The first-order valence-electron chi connectivity index (χ1n) is 10.2. The Balaban J connectivity index is 1.55. The van der Waals surface area contributed by atoms with Crippen molar-refractivity contribution in [2.45, 2.75) is 13.8 Å². The molecule has 0 unspecified atom stereocenters. The number of thiocarbonyl (C=S) groups is 1. The Kier molecular flexibility index (Phi) is 7.94. The van der Waals surface area contributed by atoms with Gasteiger partial charge in [0.05, 0.1) is 6.61 Å². The maximum absolute atomic E-state index is 12.5. The third-order valence-electron chi connectivity index (χ3n) is 4.34. The Morgan fingerprint density at radius 3 is 2.09 bits per heavy atom. The van der Waals surface area contributed by atoms with Gasteiger partial charge in [0.25, 0.3) is 11.8 Å². The third kappa shape index (κ3) is 6.92. The number of amides is 2. The largest absolute Gasteiger partial charge is 0.493 e. The molecule has 0 spiro atoms. The Bertz CT molecular complexity index is 1080. The molecule has 0 heterocycles. The molecule has 6 nitrogen and oxygen atoms in total. The lowest BCUT2D eigenvalue weighted by atomic mass is 10.2. The number of carbonyl (C=O) groups is 2. The van der Waals surface area contributed by atoms with Gasteiger partial charge in [-0.1, -0.05) is 38.1 Å². The summed E-state index contributed by atoms with van der Waals surface area (Å²) in [4.78, 5) is 24.8. The molecule has 3 aromatic carbocycles. The lowest BCUT2D eigenvalue weighted by molar-refractivity contribution is 0.0976. The number of hydrogen-bond acceptors (Lipinski definition) is 4. The fourth-order valence-corrected chi connectivity index (χ4v) is 2.98. The van der Waals surface area contributed by atoms with E-state index in [2.05, 4.69) is 29.8 Å². The summed E-state index contributed by atoms with van der Waals surface area (Å²) in [6, 6.07) is 22.9. The average molecular weight is 448 g/mol. The molecule has 0 aromatic heterocycles. The first-order valence-corrected chi connectivity index (χ1v) is 10.6. The first kappa shape index (κ1) is 23.0. The highest BCUT2D eigenvalue weighted by Crippen LogP contribution is 2.17. The molecule has 2 amide bonds. The summed E-state index contributed by atoms with van der Waals surface area (Å²) in [6.45, 7) is 4.76. The molecule has 0 aliphatic heterocycles. The van der Waals surface area contributed by atoms with Gasteiger partial charge in [-0.15, -0.1) is 0 Å². The van der Waals surface area contributed by atoms with E-state index in [4.69, 9.17) is 17.0 Å². The van der Waals surface area contributed by atoms with Gasteiger partial charge in [-0.2, -0.15) is 0 Å². The van der Waals surface area contributed by atoms with Gasteiger partial charge in [0.15, 0.2) is 5.11 Å². The maximum atomic E-state index is 12.5. The van der Waals surface area contributed by atoms with Crippen molar-refractivity contribution in [3.05, 3.63) is 90.0 Å². The minimum absolute atomic E-state index is 0.154. The Labute approximate surface area is 193 Å². The molecule has 3 aromatic rings. The molecule has 3 rings (SSSR count). The molecule has 7 heteroatoms. The van der Waals surface area contributed by atoms with E-state index in [0.29, 0.717) is 40.8 Å². The van der Waals surface area contributed by atoms with Crippen molar-refractivity contribution in [1.29, 1.82) is 0 Å². The average Bonchev–Trinajstić information content (AvgIpc) is 2.78. The zero-order valence-corrected chi connectivity index (χ0v) is 18.7. The zero-order valence-electron chi connectivity index (χ0n) is 17.9. The summed E-state index contributed by atoms with van der Waals surface area (Å²) >= 11 is 5.26. The number of hydrogen-bond donors (Lipinski definition) is 3. The summed E-state index contributed by atoms with van der Waals surface area (Å²) in [6.07, 6.45) is 0. The molecule has 0 radical (unpaired) electrons. The first-order chi connectivity index (χ1) is 15.4. The zero-order chi connectivity index (χ0) is 22.9. The van der Waals surface area contributed by atoms with Gasteiger partial charge in [0.2, 0.25) is 0 Å². The number of ether oxygens (including phenoxy) is 1. The van der Waals surface area contributed by atoms with Crippen molar-refractivity contribution in [3.8, 4) is 5.75 Å². The molecule has 0 bridgehead atoms. The smallest absolute Gasteiger partial charge is 0.257 e. The van der Waals surface area contributed by atoms with Crippen LogP contribution in [0.1, 0.15) is 34.6 Å². The van der Waals surface area contributed by atoms with Crippen molar-refractivity contribution in [2.24, 2.45) is 5.92 Å². The molecule has 3 N–H and O–H groups in total. The summed E-state index contributed by atoms with van der Waals surface area (Å²) in [7, 11) is 0. The number of anilines is 2. The molecule has 0 aliphatic rings. The van der Waals surface area contributed by atoms with E-state index >= 15 is 0 Å². The standard InChI is InChI=1S/C25H25N3O3S/c1-17(2)16-31-22-13-11-19(12-14-22)24(30)28-25(32)27-21-10-6-9-20(15-21)26-23(29)18-7-4-3-5-8-18/h3-15,17H,16H2,1-2H3,(H,26,29)(H2,27,28,30,32). The second-order valence-corrected chi connectivity index (χ2v) is 7.95. The molecular weight excluding hydrogens is 422 g/mol. The van der Waals surface area contributed by atoms with Crippen LogP contribution in [0.25, 0.3) is 0 Å². The van der Waals surface area contributed by atoms with Crippen LogP contribution < -0.4 is 20.7 Å². The highest BCUT2D eigenvalue weighted by molar-refractivity contribution is 7.80. The van der Waals surface area contributed by atoms with Gasteiger partial charge < -0.3 is 15.4 Å². The molecule has 0 fully saturated rings. The van der Waals surface area contributed by atoms with E-state index in [1.54, 1.807) is 72.8 Å². The maximum Gasteiger partial charge on any atom is 0.257 e. The van der Waals surface area contributed by atoms with E-state index in [-0.39, 0.29) is 16.9 Å². The summed E-state index contributed by atoms with van der Waals surface area (Å²) in [5.74, 6) is 0.600. The van der Waals surface area contributed by atoms with E-state index < -0.39 is 0 Å². The van der Waals surface area contributed by atoms with Crippen molar-refractivity contribution in [2.75, 3.05) is 17.2 Å². The molecular formula is C25H25N3O3S. The molecule has 0 saturated carbocycles. The predicted molar refractivity (Wildman–Crippen MR) is 131 cm³/mol. The van der Waals surface area contributed by atoms with Crippen LogP contribution in [-0.4, -0.2) is 23.5 Å². The minimum Gasteiger partial charge on any atom is -0.493 e. The number of carbonyl (C=O) groups excluding carboxylic acids is 2. The van der Waals surface area contributed by atoms with E-state index in [1.165, 1.54) is 0 Å². The predicted octanol–water partition coefficient (Wildman–Crippen LogP) is 5.10. The van der Waals surface area contributed by atoms with Crippen molar-refractivity contribution < 1.29 is 14.3 Å². The normalized spacial score (nSPS) is 10.3. The van der Waals surface area contributed by atoms with Crippen LogP contribution in [0.15, 0.2) is 78.9 Å². The summed E-state index contributed by atoms with van der Waals surface area (Å²) in [5, 5.41) is 8.61. The highest BCUT2D eigenvalue weighted by atomic mass is 32.1. The lowest BCUT2D eigenvalue weighted by Crippen LogP contribution is -2.34. The third-order valence-corrected chi connectivity index (χ3v) is 4.55. The van der Waals surface area contributed by atoms with Crippen LogP contribution in [0, 0.1) is 5.92 Å². The second-order valence-electron chi connectivity index (χ2n) is 7.54. The minimum atomic E-state index is -0.327. The van der Waals surface area contributed by atoms with Gasteiger partial charge in [0, 0.05) is 22.5 Å². The number of benzene rings is 3. The second kappa shape index (κ2) is 11.1. The monoisotopic (exact) mass is 447 g/mol. The van der Waals surface area contributed by atoms with Crippen molar-refractivity contribution in [3.63, 3.8) is 0 Å². The van der Waals surface area contributed by atoms with Crippen LogP contribution in [-0.2, 0) is 0 Å². The van der Waals surface area contributed by atoms with Crippen LogP contribution in [0.3, 0.4) is 0 Å². The highest BCUT2D eigenvalue weighted by Gasteiger charge is 2.10. The quantitative estimate of drug-likeness (QED) is 0.439. The Morgan fingerprint density at radius 1 is 0.812 bits per heavy atom. The Morgan fingerprint density at radius 2 is 1.44 bits per heavy atom. The fourth-order valence-electron chi connectivity index (χ4n) is 2.77. The van der Waals surface area contributed by atoms with E-state index in [1.807, 2.05) is 6.07 Å². The topological polar surface area (TPSA) is 79.5 Å². The molecule has 0 atom stereocenters. The molecule has 0 saturated heterocycles.